The molecule has 1 aromatic heterocycles. The van der Waals surface area contributed by atoms with E-state index in [2.05, 4.69) is 4.98 Å². The van der Waals surface area contributed by atoms with Crippen LogP contribution in [0.3, 0.4) is 0 Å². The van der Waals surface area contributed by atoms with Crippen LogP contribution in [0.15, 0.2) is 29.6 Å². The van der Waals surface area contributed by atoms with Gasteiger partial charge in [0.25, 0.3) is 0 Å². The fourth-order valence-corrected chi connectivity index (χ4v) is 2.25. The highest BCUT2D eigenvalue weighted by molar-refractivity contribution is 7.09. The molecule has 0 atom stereocenters. The fraction of sp³-hybridized carbons (Fsp3) is 0.167. The molecule has 1 heterocycles. The van der Waals surface area contributed by atoms with Gasteiger partial charge in [-0.2, -0.15) is 18.4 Å². The van der Waals surface area contributed by atoms with Crippen LogP contribution in [0, 0.1) is 11.3 Å². The van der Waals surface area contributed by atoms with Gasteiger partial charge in [-0.1, -0.05) is 12.1 Å². The van der Waals surface area contributed by atoms with Crippen LogP contribution in [0.2, 0.25) is 0 Å². The normalized spacial score (nSPS) is 11.2. The molecule has 2 rings (SSSR count). The van der Waals surface area contributed by atoms with Gasteiger partial charge in [0.05, 0.1) is 23.7 Å². The Balaban J connectivity index is 2.21. The maximum atomic E-state index is 12.2. The van der Waals surface area contributed by atoms with Crippen molar-refractivity contribution in [2.45, 2.75) is 12.6 Å². The highest BCUT2D eigenvalue weighted by atomic mass is 32.1. The third-order valence-electron chi connectivity index (χ3n) is 2.21. The number of nitrogens with zero attached hydrogens (tertiary/aromatic N) is 2. The predicted octanol–water partition coefficient (Wildman–Crippen LogP) is 3.79. The van der Waals surface area contributed by atoms with Crippen molar-refractivity contribution in [3.05, 3.63) is 40.2 Å². The van der Waals surface area contributed by atoms with Gasteiger partial charge in [-0.15, -0.1) is 11.3 Å². The van der Waals surface area contributed by atoms with Crippen LogP contribution in [0.25, 0.3) is 11.3 Å². The molecule has 2 nitrogen and oxygen atoms in total. The molecule has 0 saturated heterocycles. The standard InChI is InChI=1S/C12H7F3N2S/c13-12(14,15)5-11-17-10(7-18-11)9-3-1-8(6-16)2-4-9/h1-4,7H,5H2. The van der Waals surface area contributed by atoms with E-state index in [1.54, 1.807) is 29.6 Å². The quantitative estimate of drug-likeness (QED) is 0.831. The zero-order valence-corrected chi connectivity index (χ0v) is 9.85. The SMILES string of the molecule is N#Cc1ccc(-c2csc(CC(F)(F)F)n2)cc1. The van der Waals surface area contributed by atoms with Gasteiger partial charge in [-0.25, -0.2) is 4.98 Å². The Bertz CT molecular complexity index is 579. The molecule has 6 heteroatoms. The zero-order valence-electron chi connectivity index (χ0n) is 9.03. The van der Waals surface area contributed by atoms with Crippen molar-refractivity contribution < 1.29 is 13.2 Å². The molecular formula is C12H7F3N2S. The van der Waals surface area contributed by atoms with Crippen molar-refractivity contribution in [2.24, 2.45) is 0 Å². The highest BCUT2D eigenvalue weighted by Gasteiger charge is 2.29. The third kappa shape index (κ3) is 3.08. The summed E-state index contributed by atoms with van der Waals surface area (Å²) in [4.78, 5) is 3.94. The first kappa shape index (κ1) is 12.6. The molecule has 0 aliphatic rings. The van der Waals surface area contributed by atoms with Gasteiger partial charge in [-0.3, -0.25) is 0 Å². The highest BCUT2D eigenvalue weighted by Crippen LogP contribution is 2.27. The second kappa shape index (κ2) is 4.78. The van der Waals surface area contributed by atoms with E-state index < -0.39 is 12.6 Å². The molecule has 0 fully saturated rings. The van der Waals surface area contributed by atoms with Crippen LogP contribution in [0.1, 0.15) is 10.6 Å². The first-order valence-corrected chi connectivity index (χ1v) is 5.87. The lowest BCUT2D eigenvalue weighted by Gasteiger charge is -2.01. The maximum Gasteiger partial charge on any atom is 0.395 e. The zero-order chi connectivity index (χ0) is 13.2. The molecule has 1 aromatic carbocycles. The molecule has 0 amide bonds. The minimum absolute atomic E-state index is 0.0434. The van der Waals surface area contributed by atoms with Crippen molar-refractivity contribution in [1.29, 1.82) is 5.26 Å². The molecule has 0 radical (unpaired) electrons. The monoisotopic (exact) mass is 268 g/mol. The van der Waals surface area contributed by atoms with Crippen molar-refractivity contribution in [3.63, 3.8) is 0 Å². The average Bonchev–Trinajstić information content (AvgIpc) is 2.75. The van der Waals surface area contributed by atoms with Crippen LogP contribution in [-0.2, 0) is 6.42 Å². The molecule has 0 unspecified atom stereocenters. The summed E-state index contributed by atoms with van der Waals surface area (Å²) < 4.78 is 36.5. The van der Waals surface area contributed by atoms with E-state index in [4.69, 9.17) is 5.26 Å². The summed E-state index contributed by atoms with van der Waals surface area (Å²) in [6.07, 6.45) is -5.24. The molecule has 0 aliphatic carbocycles. The molecule has 92 valence electrons. The second-order valence-electron chi connectivity index (χ2n) is 3.61. The molecule has 0 saturated carbocycles. The summed E-state index contributed by atoms with van der Waals surface area (Å²) in [7, 11) is 0. The van der Waals surface area contributed by atoms with Gasteiger partial charge in [-0.05, 0) is 12.1 Å². The Hall–Kier alpha value is -1.87. The van der Waals surface area contributed by atoms with Crippen LogP contribution >= 0.6 is 11.3 Å². The van der Waals surface area contributed by atoms with E-state index >= 15 is 0 Å². The van der Waals surface area contributed by atoms with Crippen molar-refractivity contribution in [2.75, 3.05) is 0 Å². The van der Waals surface area contributed by atoms with Gasteiger partial charge >= 0.3 is 6.18 Å². The number of alkyl halides is 3. The molecular weight excluding hydrogens is 261 g/mol. The van der Waals surface area contributed by atoms with E-state index in [9.17, 15) is 13.2 Å². The van der Waals surface area contributed by atoms with Crippen molar-refractivity contribution >= 4 is 11.3 Å². The van der Waals surface area contributed by atoms with Crippen molar-refractivity contribution in [3.8, 4) is 17.3 Å². The van der Waals surface area contributed by atoms with Gasteiger partial charge in [0.2, 0.25) is 0 Å². The number of halogens is 3. The molecule has 0 bridgehead atoms. The smallest absolute Gasteiger partial charge is 0.241 e. The first-order valence-electron chi connectivity index (χ1n) is 4.99. The Kier molecular flexibility index (Phi) is 3.34. The minimum Gasteiger partial charge on any atom is -0.241 e. The fourth-order valence-electron chi connectivity index (χ4n) is 1.41. The van der Waals surface area contributed by atoms with Crippen LogP contribution in [-0.4, -0.2) is 11.2 Å². The number of nitriles is 1. The van der Waals surface area contributed by atoms with Gasteiger partial charge in [0.15, 0.2) is 0 Å². The van der Waals surface area contributed by atoms with Crippen LogP contribution in [0.5, 0.6) is 0 Å². The summed E-state index contributed by atoms with van der Waals surface area (Å²) >= 11 is 0.985. The van der Waals surface area contributed by atoms with Crippen LogP contribution < -0.4 is 0 Å². The molecule has 0 aliphatic heterocycles. The lowest BCUT2D eigenvalue weighted by molar-refractivity contribution is -0.127. The Morgan fingerprint density at radius 3 is 2.44 bits per heavy atom. The van der Waals surface area contributed by atoms with Gasteiger partial charge in [0, 0.05) is 10.9 Å². The lowest BCUT2D eigenvalue weighted by atomic mass is 10.1. The largest absolute Gasteiger partial charge is 0.395 e. The Morgan fingerprint density at radius 1 is 1.22 bits per heavy atom. The number of thiazole rings is 1. The Labute approximate surface area is 105 Å². The number of hydrogen-bond donors (Lipinski definition) is 0. The lowest BCUT2D eigenvalue weighted by Crippen LogP contribution is -2.11. The summed E-state index contributed by atoms with van der Waals surface area (Å²) in [5.74, 6) is 0. The number of benzene rings is 1. The van der Waals surface area contributed by atoms with Crippen molar-refractivity contribution in [1.82, 2.24) is 4.98 Å². The van der Waals surface area contributed by atoms with E-state index in [0.717, 1.165) is 11.3 Å². The average molecular weight is 268 g/mol. The summed E-state index contributed by atoms with van der Waals surface area (Å²) in [6, 6.07) is 8.54. The number of hydrogen-bond acceptors (Lipinski definition) is 3. The molecule has 0 N–H and O–H groups in total. The topological polar surface area (TPSA) is 36.7 Å². The summed E-state index contributed by atoms with van der Waals surface area (Å²) in [6.45, 7) is 0. The van der Waals surface area contributed by atoms with E-state index in [1.165, 1.54) is 0 Å². The first-order chi connectivity index (χ1) is 8.48. The maximum absolute atomic E-state index is 12.2. The summed E-state index contributed by atoms with van der Waals surface area (Å²) in [5.41, 5.74) is 1.71. The third-order valence-corrected chi connectivity index (χ3v) is 3.06. The van der Waals surface area contributed by atoms with Crippen LogP contribution in [0.4, 0.5) is 13.2 Å². The molecule has 18 heavy (non-hydrogen) atoms. The van der Waals surface area contributed by atoms with E-state index in [1.807, 2.05) is 6.07 Å². The summed E-state index contributed by atoms with van der Waals surface area (Å²) in [5, 5.41) is 10.3. The van der Waals surface area contributed by atoms with E-state index in [-0.39, 0.29) is 5.01 Å². The van der Waals surface area contributed by atoms with Gasteiger partial charge in [0.1, 0.15) is 5.01 Å². The van der Waals surface area contributed by atoms with E-state index in [0.29, 0.717) is 16.8 Å². The predicted molar refractivity (Wildman–Crippen MR) is 62.0 cm³/mol. The number of aromatic nitrogens is 1. The Morgan fingerprint density at radius 2 is 1.89 bits per heavy atom. The van der Waals surface area contributed by atoms with Gasteiger partial charge < -0.3 is 0 Å². The number of rotatable bonds is 2. The second-order valence-corrected chi connectivity index (χ2v) is 4.55. The molecule has 0 spiro atoms. The minimum atomic E-state index is -4.24. The molecule has 2 aromatic rings.